The zero-order valence-electron chi connectivity index (χ0n) is 18.4. The van der Waals surface area contributed by atoms with Crippen LogP contribution >= 0.6 is 0 Å². The van der Waals surface area contributed by atoms with Crippen molar-refractivity contribution in [3.8, 4) is 11.8 Å². The fourth-order valence-corrected chi connectivity index (χ4v) is 5.70. The number of rotatable bonds is 7. The molecule has 0 unspecified atom stereocenters. The van der Waals surface area contributed by atoms with Gasteiger partial charge in [-0.25, -0.2) is 8.42 Å². The Morgan fingerprint density at radius 1 is 1.03 bits per heavy atom. The fraction of sp³-hybridized carbons (Fsp3) is 0.231. The van der Waals surface area contributed by atoms with Gasteiger partial charge in [0.2, 0.25) is 0 Å². The van der Waals surface area contributed by atoms with Gasteiger partial charge in [-0.05, 0) is 72.9 Å². The van der Waals surface area contributed by atoms with E-state index in [0.717, 1.165) is 24.0 Å². The average Bonchev–Trinajstić information content (AvgIpc) is 3.54. The normalized spacial score (nSPS) is 15.8. The summed E-state index contributed by atoms with van der Waals surface area (Å²) in [6.45, 7) is 0.202. The summed E-state index contributed by atoms with van der Waals surface area (Å²) >= 11 is 0. The number of amides is 1. The second-order valence-corrected chi connectivity index (χ2v) is 10.4. The molecule has 0 atom stereocenters. The van der Waals surface area contributed by atoms with Crippen LogP contribution in [0, 0.1) is 11.3 Å². The standard InChI is InChI=1S/C26H23N3O4S/c27-18-26(14-15-26)20-5-7-21(8-6-20)28-25(30)17-33-22-9-11-23(12-10-22)34(31,32)29-16-13-19-3-1-2-4-24(19)29/h1-12H,13-17H2,(H,28,30). The van der Waals surface area contributed by atoms with E-state index in [4.69, 9.17) is 4.74 Å². The number of nitrogens with zero attached hydrogens (tertiary/aromatic N) is 2. The molecule has 1 heterocycles. The molecule has 8 heteroatoms. The van der Waals surface area contributed by atoms with Gasteiger partial charge in [-0.1, -0.05) is 30.3 Å². The Balaban J connectivity index is 1.18. The highest BCUT2D eigenvalue weighted by Gasteiger charge is 2.44. The van der Waals surface area contributed by atoms with Crippen molar-refractivity contribution in [2.45, 2.75) is 29.6 Å². The lowest BCUT2D eigenvalue weighted by molar-refractivity contribution is -0.118. The predicted octanol–water partition coefficient (Wildman–Crippen LogP) is 4.01. The molecule has 2 aliphatic rings. The van der Waals surface area contributed by atoms with Gasteiger partial charge in [-0.2, -0.15) is 5.26 Å². The number of carbonyl (C=O) groups excluding carboxylic acids is 1. The third kappa shape index (κ3) is 4.11. The highest BCUT2D eigenvalue weighted by molar-refractivity contribution is 7.92. The van der Waals surface area contributed by atoms with Crippen molar-refractivity contribution in [1.82, 2.24) is 0 Å². The van der Waals surface area contributed by atoms with E-state index in [2.05, 4.69) is 11.4 Å². The lowest BCUT2D eigenvalue weighted by atomic mass is 9.98. The molecule has 172 valence electrons. The number of hydrogen-bond acceptors (Lipinski definition) is 5. The SMILES string of the molecule is N#CC1(c2ccc(NC(=O)COc3ccc(S(=O)(=O)N4CCc5ccccc54)cc3)cc2)CC1. The van der Waals surface area contributed by atoms with Crippen LogP contribution in [0.25, 0.3) is 0 Å². The number of nitriles is 1. The van der Waals surface area contributed by atoms with Crippen LogP contribution in [0.1, 0.15) is 24.0 Å². The topological polar surface area (TPSA) is 99.5 Å². The van der Waals surface area contributed by atoms with E-state index in [1.165, 1.54) is 16.4 Å². The number of fused-ring (bicyclic) bond motifs is 1. The third-order valence-electron chi connectivity index (χ3n) is 6.31. The third-order valence-corrected chi connectivity index (χ3v) is 8.14. The molecule has 0 saturated heterocycles. The summed E-state index contributed by atoms with van der Waals surface area (Å²) in [5.74, 6) is 0.0653. The van der Waals surface area contributed by atoms with Crippen LogP contribution in [-0.2, 0) is 26.7 Å². The minimum absolute atomic E-state index is 0.173. The molecule has 5 rings (SSSR count). The van der Waals surface area contributed by atoms with Crippen LogP contribution in [0.5, 0.6) is 5.75 Å². The molecule has 1 fully saturated rings. The molecule has 34 heavy (non-hydrogen) atoms. The molecule has 0 spiro atoms. The van der Waals surface area contributed by atoms with Crippen molar-refractivity contribution in [2.24, 2.45) is 0 Å². The zero-order valence-corrected chi connectivity index (χ0v) is 19.2. The lowest BCUT2D eigenvalue weighted by Crippen LogP contribution is -2.29. The summed E-state index contributed by atoms with van der Waals surface area (Å²) in [7, 11) is -3.67. The summed E-state index contributed by atoms with van der Waals surface area (Å²) in [6.07, 6.45) is 2.43. The number of nitrogens with one attached hydrogen (secondary N) is 1. The van der Waals surface area contributed by atoms with E-state index in [-0.39, 0.29) is 22.8 Å². The van der Waals surface area contributed by atoms with Crippen molar-refractivity contribution in [1.29, 1.82) is 5.26 Å². The molecule has 1 aliphatic heterocycles. The van der Waals surface area contributed by atoms with Crippen LogP contribution < -0.4 is 14.4 Å². The van der Waals surface area contributed by atoms with E-state index >= 15 is 0 Å². The molecule has 0 radical (unpaired) electrons. The van der Waals surface area contributed by atoms with Gasteiger partial charge >= 0.3 is 0 Å². The summed E-state index contributed by atoms with van der Waals surface area (Å²) in [5.41, 5.74) is 2.97. The van der Waals surface area contributed by atoms with E-state index in [1.54, 1.807) is 24.3 Å². The highest BCUT2D eigenvalue weighted by Crippen LogP contribution is 2.47. The van der Waals surface area contributed by atoms with Crippen molar-refractivity contribution >= 4 is 27.3 Å². The molecule has 0 bridgehead atoms. The molecule has 1 saturated carbocycles. The van der Waals surface area contributed by atoms with Crippen molar-refractivity contribution in [2.75, 3.05) is 22.8 Å². The Morgan fingerprint density at radius 3 is 2.41 bits per heavy atom. The van der Waals surface area contributed by atoms with Gasteiger partial charge in [0.15, 0.2) is 6.61 Å². The fourth-order valence-electron chi connectivity index (χ4n) is 4.20. The maximum absolute atomic E-state index is 13.1. The first-order valence-electron chi connectivity index (χ1n) is 11.1. The maximum Gasteiger partial charge on any atom is 0.264 e. The van der Waals surface area contributed by atoms with E-state index in [0.29, 0.717) is 30.1 Å². The molecule has 0 aromatic heterocycles. The summed E-state index contributed by atoms with van der Waals surface area (Å²) in [5, 5.41) is 12.0. The minimum Gasteiger partial charge on any atom is -0.484 e. The first kappa shape index (κ1) is 22.0. The first-order valence-corrected chi connectivity index (χ1v) is 12.5. The van der Waals surface area contributed by atoms with Crippen LogP contribution in [0.4, 0.5) is 11.4 Å². The molecule has 3 aromatic carbocycles. The Bertz CT molecular complexity index is 1370. The molecule has 1 N–H and O–H groups in total. The van der Waals surface area contributed by atoms with Gasteiger partial charge in [-0.3, -0.25) is 9.10 Å². The number of sulfonamides is 1. The molecule has 1 aliphatic carbocycles. The largest absolute Gasteiger partial charge is 0.484 e. The molecular weight excluding hydrogens is 450 g/mol. The van der Waals surface area contributed by atoms with Crippen LogP contribution in [-0.4, -0.2) is 27.5 Å². The van der Waals surface area contributed by atoms with Gasteiger partial charge in [0.1, 0.15) is 5.75 Å². The van der Waals surface area contributed by atoms with E-state index in [9.17, 15) is 18.5 Å². The number of benzene rings is 3. The quantitative estimate of drug-likeness (QED) is 0.559. The van der Waals surface area contributed by atoms with E-state index < -0.39 is 10.0 Å². The Labute approximate surface area is 198 Å². The number of para-hydroxylation sites is 1. The highest BCUT2D eigenvalue weighted by atomic mass is 32.2. The first-order chi connectivity index (χ1) is 16.4. The van der Waals surface area contributed by atoms with E-state index in [1.807, 2.05) is 36.4 Å². The van der Waals surface area contributed by atoms with Gasteiger partial charge in [0.05, 0.1) is 22.1 Å². The van der Waals surface area contributed by atoms with Crippen LogP contribution in [0.3, 0.4) is 0 Å². The lowest BCUT2D eigenvalue weighted by Gasteiger charge is -2.19. The summed E-state index contributed by atoms with van der Waals surface area (Å²) < 4.78 is 33.1. The smallest absolute Gasteiger partial charge is 0.264 e. The molecule has 7 nitrogen and oxygen atoms in total. The number of hydrogen-bond donors (Lipinski definition) is 1. The number of carbonyl (C=O) groups is 1. The van der Waals surface area contributed by atoms with Gasteiger partial charge < -0.3 is 10.1 Å². The minimum atomic E-state index is -3.67. The zero-order chi connectivity index (χ0) is 23.8. The second-order valence-electron chi connectivity index (χ2n) is 8.54. The van der Waals surface area contributed by atoms with Crippen LogP contribution in [0.2, 0.25) is 0 Å². The maximum atomic E-state index is 13.1. The Morgan fingerprint density at radius 2 is 1.74 bits per heavy atom. The summed E-state index contributed by atoms with van der Waals surface area (Å²) in [4.78, 5) is 12.4. The molecule has 1 amide bonds. The monoisotopic (exact) mass is 473 g/mol. The second kappa shape index (κ2) is 8.50. The Kier molecular flexibility index (Phi) is 5.50. The van der Waals surface area contributed by atoms with Crippen molar-refractivity contribution in [3.63, 3.8) is 0 Å². The summed E-state index contributed by atoms with van der Waals surface area (Å²) in [6, 6.07) is 23.2. The molecular formula is C26H23N3O4S. The molecule has 3 aromatic rings. The predicted molar refractivity (Wildman–Crippen MR) is 128 cm³/mol. The van der Waals surface area contributed by atoms with Gasteiger partial charge in [0, 0.05) is 12.2 Å². The van der Waals surface area contributed by atoms with Gasteiger partial charge in [0.25, 0.3) is 15.9 Å². The van der Waals surface area contributed by atoms with Crippen molar-refractivity contribution < 1.29 is 17.9 Å². The van der Waals surface area contributed by atoms with Crippen molar-refractivity contribution in [3.05, 3.63) is 83.9 Å². The number of anilines is 2. The Hall–Kier alpha value is -3.83. The number of ether oxygens (including phenoxy) is 1. The van der Waals surface area contributed by atoms with Crippen LogP contribution in [0.15, 0.2) is 77.7 Å². The van der Waals surface area contributed by atoms with Gasteiger partial charge in [-0.15, -0.1) is 0 Å². The average molecular weight is 474 g/mol.